The van der Waals surface area contributed by atoms with Crippen LogP contribution in [0.15, 0.2) is 59.9 Å². The lowest BCUT2D eigenvalue weighted by Gasteiger charge is -2.11. The second kappa shape index (κ2) is 8.31. The molecule has 0 unspecified atom stereocenters. The predicted molar refractivity (Wildman–Crippen MR) is 118 cm³/mol. The molecule has 0 aliphatic rings. The Labute approximate surface area is 177 Å². The van der Waals surface area contributed by atoms with E-state index in [1.165, 1.54) is 11.8 Å². The zero-order valence-electron chi connectivity index (χ0n) is 16.0. The van der Waals surface area contributed by atoms with Crippen LogP contribution in [0.5, 0.6) is 0 Å². The van der Waals surface area contributed by atoms with Crippen molar-refractivity contribution >= 4 is 40.2 Å². The Morgan fingerprint density at radius 2 is 1.93 bits per heavy atom. The third-order valence-electron chi connectivity index (χ3n) is 4.33. The van der Waals surface area contributed by atoms with Crippen LogP contribution in [-0.4, -0.2) is 37.5 Å². The lowest BCUT2D eigenvalue weighted by atomic mass is 10.1. The molecule has 0 radical (unpaired) electrons. The smallest absolute Gasteiger partial charge is 0.230 e. The van der Waals surface area contributed by atoms with Gasteiger partial charge in [-0.2, -0.15) is 0 Å². The first-order chi connectivity index (χ1) is 14.0. The lowest BCUT2D eigenvalue weighted by molar-refractivity contribution is -0.119. The number of thioether (sulfide) groups is 1. The number of nitrogens with zero attached hydrogens (tertiary/aromatic N) is 3. The molecule has 0 fully saturated rings. The first kappa shape index (κ1) is 19.5. The highest BCUT2D eigenvalue weighted by molar-refractivity contribution is 7.99. The van der Waals surface area contributed by atoms with Crippen molar-refractivity contribution in [3.05, 3.63) is 59.8 Å². The number of benzene rings is 2. The zero-order valence-corrected chi connectivity index (χ0v) is 17.6. The summed E-state index contributed by atoms with van der Waals surface area (Å²) in [7, 11) is 0. The van der Waals surface area contributed by atoms with Crippen LogP contribution >= 0.6 is 23.4 Å². The van der Waals surface area contributed by atoms with Gasteiger partial charge in [-0.25, -0.2) is 0 Å². The second-order valence-electron chi connectivity index (χ2n) is 6.88. The summed E-state index contributed by atoms with van der Waals surface area (Å²) in [5, 5.41) is 14.1. The molecule has 2 N–H and O–H groups in total. The molecule has 0 saturated carbocycles. The molecule has 0 aliphatic heterocycles. The topological polar surface area (TPSA) is 75.6 Å². The normalized spacial score (nSPS) is 11.3. The fraction of sp³-hybridized carbons (Fsp3) is 0.190. The van der Waals surface area contributed by atoms with Crippen LogP contribution < -0.4 is 5.32 Å². The van der Waals surface area contributed by atoms with Gasteiger partial charge in [-0.3, -0.25) is 9.36 Å². The van der Waals surface area contributed by atoms with E-state index in [9.17, 15) is 4.79 Å². The van der Waals surface area contributed by atoms with E-state index in [1.54, 1.807) is 0 Å². The van der Waals surface area contributed by atoms with Crippen molar-refractivity contribution in [2.75, 3.05) is 5.75 Å². The van der Waals surface area contributed by atoms with E-state index in [-0.39, 0.29) is 17.7 Å². The van der Waals surface area contributed by atoms with Crippen LogP contribution in [0.3, 0.4) is 0 Å². The van der Waals surface area contributed by atoms with Gasteiger partial charge in [0.15, 0.2) is 11.0 Å². The Bertz CT molecular complexity index is 1150. The SMILES string of the molecule is CC(C)NC(=O)CSc1nnc(-c2c[nH]c3ccccc23)n1-c1ccc(Cl)cc1. The number of halogens is 1. The van der Waals surface area contributed by atoms with Crippen molar-refractivity contribution in [3.8, 4) is 17.1 Å². The van der Waals surface area contributed by atoms with Crippen LogP contribution in [0, 0.1) is 0 Å². The second-order valence-corrected chi connectivity index (χ2v) is 8.26. The molecule has 8 heteroatoms. The predicted octanol–water partition coefficient (Wildman–Crippen LogP) is 4.69. The molecular formula is C21H20ClN5OS. The van der Waals surface area contributed by atoms with Gasteiger partial charge in [0, 0.05) is 39.4 Å². The molecule has 0 bridgehead atoms. The van der Waals surface area contributed by atoms with E-state index in [1.807, 2.05) is 73.1 Å². The van der Waals surface area contributed by atoms with Gasteiger partial charge in [0.25, 0.3) is 0 Å². The number of carbonyl (C=O) groups is 1. The molecule has 2 heterocycles. The average Bonchev–Trinajstić information content (AvgIpc) is 3.30. The third kappa shape index (κ3) is 4.16. The Balaban J connectivity index is 1.76. The fourth-order valence-electron chi connectivity index (χ4n) is 3.11. The van der Waals surface area contributed by atoms with E-state index >= 15 is 0 Å². The highest BCUT2D eigenvalue weighted by Crippen LogP contribution is 2.32. The summed E-state index contributed by atoms with van der Waals surface area (Å²) in [6, 6.07) is 15.6. The quantitative estimate of drug-likeness (QED) is 0.439. The summed E-state index contributed by atoms with van der Waals surface area (Å²) in [5.41, 5.74) is 2.85. The number of H-pyrrole nitrogens is 1. The highest BCUT2D eigenvalue weighted by atomic mass is 35.5. The molecule has 6 nitrogen and oxygen atoms in total. The standard InChI is InChI=1S/C21H20ClN5OS/c1-13(2)24-19(28)12-29-21-26-25-20(27(21)15-9-7-14(22)8-10-15)17-11-23-18-6-4-3-5-16(17)18/h3-11,13,23H,12H2,1-2H3,(H,24,28). The van der Waals surface area contributed by atoms with Crippen molar-refractivity contribution in [1.29, 1.82) is 0 Å². The highest BCUT2D eigenvalue weighted by Gasteiger charge is 2.19. The molecule has 4 rings (SSSR count). The van der Waals surface area contributed by atoms with Gasteiger partial charge >= 0.3 is 0 Å². The van der Waals surface area contributed by atoms with Crippen LogP contribution in [0.25, 0.3) is 28.0 Å². The molecule has 29 heavy (non-hydrogen) atoms. The van der Waals surface area contributed by atoms with Crippen LogP contribution in [0.2, 0.25) is 5.02 Å². The van der Waals surface area contributed by atoms with Crippen molar-refractivity contribution in [3.63, 3.8) is 0 Å². The number of rotatable bonds is 6. The number of para-hydroxylation sites is 1. The number of aromatic nitrogens is 4. The van der Waals surface area contributed by atoms with E-state index in [0.29, 0.717) is 16.0 Å². The first-order valence-corrected chi connectivity index (χ1v) is 10.6. The number of hydrogen-bond donors (Lipinski definition) is 2. The largest absolute Gasteiger partial charge is 0.360 e. The maximum atomic E-state index is 12.1. The minimum Gasteiger partial charge on any atom is -0.360 e. The van der Waals surface area contributed by atoms with Gasteiger partial charge in [-0.15, -0.1) is 10.2 Å². The van der Waals surface area contributed by atoms with Crippen LogP contribution in [0.1, 0.15) is 13.8 Å². The number of aromatic amines is 1. The van der Waals surface area contributed by atoms with Gasteiger partial charge in [0.05, 0.1) is 5.75 Å². The Morgan fingerprint density at radius 1 is 1.17 bits per heavy atom. The molecule has 0 spiro atoms. The van der Waals surface area contributed by atoms with Crippen LogP contribution in [-0.2, 0) is 4.79 Å². The molecule has 1 amide bonds. The summed E-state index contributed by atoms with van der Waals surface area (Å²) in [4.78, 5) is 15.4. The average molecular weight is 426 g/mol. The third-order valence-corrected chi connectivity index (χ3v) is 5.51. The number of nitrogens with one attached hydrogen (secondary N) is 2. The van der Waals surface area contributed by atoms with Gasteiger partial charge in [-0.1, -0.05) is 41.6 Å². The van der Waals surface area contributed by atoms with Gasteiger partial charge < -0.3 is 10.3 Å². The molecule has 0 saturated heterocycles. The summed E-state index contributed by atoms with van der Waals surface area (Å²) in [6.07, 6.45) is 1.93. The summed E-state index contributed by atoms with van der Waals surface area (Å²) >= 11 is 7.43. The van der Waals surface area contributed by atoms with Crippen molar-refractivity contribution < 1.29 is 4.79 Å². The minimum atomic E-state index is -0.0377. The van der Waals surface area contributed by atoms with Gasteiger partial charge in [-0.05, 0) is 44.2 Å². The van der Waals surface area contributed by atoms with E-state index in [4.69, 9.17) is 11.6 Å². The summed E-state index contributed by atoms with van der Waals surface area (Å²) in [6.45, 7) is 3.88. The first-order valence-electron chi connectivity index (χ1n) is 9.23. The molecular weight excluding hydrogens is 406 g/mol. The Kier molecular flexibility index (Phi) is 5.60. The van der Waals surface area contributed by atoms with E-state index in [0.717, 1.165) is 22.2 Å². The molecule has 4 aromatic rings. The monoisotopic (exact) mass is 425 g/mol. The number of amides is 1. The Morgan fingerprint density at radius 3 is 2.69 bits per heavy atom. The molecule has 0 atom stereocenters. The molecule has 148 valence electrons. The number of hydrogen-bond acceptors (Lipinski definition) is 4. The maximum Gasteiger partial charge on any atom is 0.230 e. The molecule has 2 aromatic carbocycles. The van der Waals surface area contributed by atoms with Crippen LogP contribution in [0.4, 0.5) is 0 Å². The van der Waals surface area contributed by atoms with E-state index < -0.39 is 0 Å². The van der Waals surface area contributed by atoms with Gasteiger partial charge in [0.1, 0.15) is 0 Å². The van der Waals surface area contributed by atoms with Crippen molar-refractivity contribution in [2.45, 2.75) is 25.0 Å². The maximum absolute atomic E-state index is 12.1. The zero-order chi connectivity index (χ0) is 20.4. The van der Waals surface area contributed by atoms with Crippen molar-refractivity contribution in [1.82, 2.24) is 25.1 Å². The van der Waals surface area contributed by atoms with E-state index in [2.05, 4.69) is 20.5 Å². The Hall–Kier alpha value is -2.77. The molecule has 2 aromatic heterocycles. The number of fused-ring (bicyclic) bond motifs is 1. The summed E-state index contributed by atoms with van der Waals surface area (Å²) < 4.78 is 1.96. The van der Waals surface area contributed by atoms with Gasteiger partial charge in [0.2, 0.25) is 5.91 Å². The lowest BCUT2D eigenvalue weighted by Crippen LogP contribution is -2.31. The summed E-state index contributed by atoms with van der Waals surface area (Å²) in [5.74, 6) is 0.929. The number of carbonyl (C=O) groups excluding carboxylic acids is 1. The van der Waals surface area contributed by atoms with Crippen molar-refractivity contribution in [2.24, 2.45) is 0 Å². The minimum absolute atomic E-state index is 0.0377. The molecule has 0 aliphatic carbocycles. The fourth-order valence-corrected chi connectivity index (χ4v) is 4.00.